The molecule has 100 valence electrons. The highest BCUT2D eigenvalue weighted by molar-refractivity contribution is 5.47. The van der Waals surface area contributed by atoms with Gasteiger partial charge in [-0.1, -0.05) is 39.0 Å². The second kappa shape index (κ2) is 5.75. The van der Waals surface area contributed by atoms with Crippen LogP contribution in [0.15, 0.2) is 18.2 Å². The SMILES string of the molecule is CCCNCCC(C)(C)c1cccc2c1OCC2. The fourth-order valence-electron chi connectivity index (χ4n) is 2.59. The standard InChI is InChI=1S/C16H25NO/c1-4-10-17-11-9-16(2,3)14-7-5-6-13-8-12-18-15(13)14/h5-7,17H,4,8-12H2,1-3H3. The maximum Gasteiger partial charge on any atom is 0.126 e. The lowest BCUT2D eigenvalue weighted by atomic mass is 9.80. The van der Waals surface area contributed by atoms with Crippen LogP contribution in [0.25, 0.3) is 0 Å². The third-order valence-corrected chi connectivity index (χ3v) is 3.80. The van der Waals surface area contributed by atoms with Gasteiger partial charge in [-0.25, -0.2) is 0 Å². The highest BCUT2D eigenvalue weighted by Gasteiger charge is 2.27. The quantitative estimate of drug-likeness (QED) is 0.779. The first kappa shape index (κ1) is 13.4. The molecule has 1 aliphatic heterocycles. The van der Waals surface area contributed by atoms with Crippen LogP contribution in [0.1, 0.15) is 44.7 Å². The van der Waals surface area contributed by atoms with Crippen LogP contribution in [0.2, 0.25) is 0 Å². The molecule has 2 nitrogen and oxygen atoms in total. The van der Waals surface area contributed by atoms with Gasteiger partial charge in [-0.15, -0.1) is 0 Å². The van der Waals surface area contributed by atoms with Gasteiger partial charge in [-0.05, 0) is 36.9 Å². The number of hydrogen-bond donors (Lipinski definition) is 1. The van der Waals surface area contributed by atoms with Crippen LogP contribution in [0.3, 0.4) is 0 Å². The topological polar surface area (TPSA) is 21.3 Å². The summed E-state index contributed by atoms with van der Waals surface area (Å²) in [6.45, 7) is 9.87. The number of fused-ring (bicyclic) bond motifs is 1. The second-order valence-corrected chi connectivity index (χ2v) is 5.78. The van der Waals surface area contributed by atoms with Crippen molar-refractivity contribution in [3.8, 4) is 5.75 Å². The predicted molar refractivity (Wildman–Crippen MR) is 76.4 cm³/mol. The van der Waals surface area contributed by atoms with E-state index in [1.165, 1.54) is 17.5 Å². The molecular formula is C16H25NO. The van der Waals surface area contributed by atoms with Crippen LogP contribution in [0, 0.1) is 0 Å². The molecule has 0 fully saturated rings. The molecule has 0 unspecified atom stereocenters. The number of para-hydroxylation sites is 1. The summed E-state index contributed by atoms with van der Waals surface area (Å²) in [5.74, 6) is 1.15. The third kappa shape index (κ3) is 2.86. The van der Waals surface area contributed by atoms with E-state index in [4.69, 9.17) is 4.74 Å². The molecule has 2 rings (SSSR count). The Labute approximate surface area is 111 Å². The van der Waals surface area contributed by atoms with Gasteiger partial charge < -0.3 is 10.1 Å². The van der Waals surface area contributed by atoms with Crippen molar-refractivity contribution in [1.82, 2.24) is 5.32 Å². The Morgan fingerprint density at radius 2 is 2.11 bits per heavy atom. The van der Waals surface area contributed by atoms with Crippen molar-refractivity contribution >= 4 is 0 Å². The molecule has 0 bridgehead atoms. The van der Waals surface area contributed by atoms with E-state index in [9.17, 15) is 0 Å². The molecule has 0 aliphatic carbocycles. The molecule has 1 aromatic carbocycles. The Bertz CT molecular complexity index is 398. The second-order valence-electron chi connectivity index (χ2n) is 5.78. The minimum Gasteiger partial charge on any atom is -0.493 e. The van der Waals surface area contributed by atoms with E-state index in [1.54, 1.807) is 0 Å². The van der Waals surface area contributed by atoms with Crippen LogP contribution < -0.4 is 10.1 Å². The Morgan fingerprint density at radius 3 is 2.89 bits per heavy atom. The molecule has 1 aliphatic rings. The maximum atomic E-state index is 5.82. The lowest BCUT2D eigenvalue weighted by molar-refractivity contribution is 0.341. The van der Waals surface area contributed by atoms with E-state index in [-0.39, 0.29) is 5.41 Å². The van der Waals surface area contributed by atoms with E-state index in [1.807, 2.05) is 0 Å². The third-order valence-electron chi connectivity index (χ3n) is 3.80. The molecule has 2 heteroatoms. The fraction of sp³-hybridized carbons (Fsp3) is 0.625. The zero-order valence-corrected chi connectivity index (χ0v) is 11.9. The summed E-state index contributed by atoms with van der Waals surface area (Å²) in [5.41, 5.74) is 2.93. The van der Waals surface area contributed by atoms with E-state index < -0.39 is 0 Å². The largest absolute Gasteiger partial charge is 0.493 e. The van der Waals surface area contributed by atoms with Crippen LogP contribution in [-0.2, 0) is 11.8 Å². The normalized spacial score (nSPS) is 14.4. The Morgan fingerprint density at radius 1 is 1.28 bits per heavy atom. The highest BCUT2D eigenvalue weighted by atomic mass is 16.5. The number of rotatable bonds is 6. The van der Waals surface area contributed by atoms with Gasteiger partial charge >= 0.3 is 0 Å². The molecule has 1 heterocycles. The lowest BCUT2D eigenvalue weighted by Gasteiger charge is -2.27. The molecular weight excluding hydrogens is 222 g/mol. The molecule has 1 aromatic rings. The van der Waals surface area contributed by atoms with Crippen molar-refractivity contribution in [2.45, 2.75) is 45.4 Å². The monoisotopic (exact) mass is 247 g/mol. The Kier molecular flexibility index (Phi) is 4.28. The van der Waals surface area contributed by atoms with Gasteiger partial charge in [0.15, 0.2) is 0 Å². The van der Waals surface area contributed by atoms with Gasteiger partial charge in [0, 0.05) is 12.0 Å². The minimum atomic E-state index is 0.177. The van der Waals surface area contributed by atoms with Crippen molar-refractivity contribution in [1.29, 1.82) is 0 Å². The molecule has 0 aromatic heterocycles. The average molecular weight is 247 g/mol. The summed E-state index contributed by atoms with van der Waals surface area (Å²) < 4.78 is 5.82. The zero-order valence-electron chi connectivity index (χ0n) is 11.9. The molecule has 0 saturated heterocycles. The van der Waals surface area contributed by atoms with Crippen molar-refractivity contribution < 1.29 is 4.74 Å². The van der Waals surface area contributed by atoms with Crippen molar-refractivity contribution in [3.63, 3.8) is 0 Å². The molecule has 0 amide bonds. The van der Waals surface area contributed by atoms with Crippen molar-refractivity contribution in [3.05, 3.63) is 29.3 Å². The predicted octanol–water partition coefficient (Wildman–Crippen LogP) is 3.29. The van der Waals surface area contributed by atoms with Gasteiger partial charge in [-0.3, -0.25) is 0 Å². The molecule has 0 spiro atoms. The molecule has 0 saturated carbocycles. The van der Waals surface area contributed by atoms with Crippen molar-refractivity contribution in [2.75, 3.05) is 19.7 Å². The zero-order chi connectivity index (χ0) is 13.0. The summed E-state index contributed by atoms with van der Waals surface area (Å²) in [6.07, 6.45) is 3.41. The number of ether oxygens (including phenoxy) is 1. The van der Waals surface area contributed by atoms with Gasteiger partial charge in [0.25, 0.3) is 0 Å². The van der Waals surface area contributed by atoms with E-state index in [0.717, 1.165) is 38.3 Å². The fourth-order valence-corrected chi connectivity index (χ4v) is 2.59. The summed E-state index contributed by atoms with van der Waals surface area (Å²) in [6, 6.07) is 6.59. The lowest BCUT2D eigenvalue weighted by Crippen LogP contribution is -2.26. The highest BCUT2D eigenvalue weighted by Crippen LogP contribution is 2.38. The van der Waals surface area contributed by atoms with E-state index in [2.05, 4.69) is 44.3 Å². The molecule has 0 radical (unpaired) electrons. The smallest absolute Gasteiger partial charge is 0.126 e. The minimum absolute atomic E-state index is 0.177. The summed E-state index contributed by atoms with van der Waals surface area (Å²) in [7, 11) is 0. The van der Waals surface area contributed by atoms with Gasteiger partial charge in [-0.2, -0.15) is 0 Å². The first-order chi connectivity index (χ1) is 8.65. The van der Waals surface area contributed by atoms with Gasteiger partial charge in [0.05, 0.1) is 6.61 Å². The van der Waals surface area contributed by atoms with E-state index >= 15 is 0 Å². The summed E-state index contributed by atoms with van der Waals surface area (Å²) in [5, 5.41) is 3.49. The van der Waals surface area contributed by atoms with Crippen LogP contribution >= 0.6 is 0 Å². The van der Waals surface area contributed by atoms with Crippen LogP contribution in [0.5, 0.6) is 5.75 Å². The Balaban J connectivity index is 2.07. The Hall–Kier alpha value is -1.02. The molecule has 1 N–H and O–H groups in total. The van der Waals surface area contributed by atoms with E-state index in [0.29, 0.717) is 0 Å². The first-order valence-corrected chi connectivity index (χ1v) is 7.11. The van der Waals surface area contributed by atoms with Crippen LogP contribution in [0.4, 0.5) is 0 Å². The van der Waals surface area contributed by atoms with Crippen molar-refractivity contribution in [2.24, 2.45) is 0 Å². The van der Waals surface area contributed by atoms with Crippen LogP contribution in [-0.4, -0.2) is 19.7 Å². The van der Waals surface area contributed by atoms with Gasteiger partial charge in [0.2, 0.25) is 0 Å². The number of hydrogen-bond acceptors (Lipinski definition) is 2. The first-order valence-electron chi connectivity index (χ1n) is 7.11. The summed E-state index contributed by atoms with van der Waals surface area (Å²) in [4.78, 5) is 0. The molecule has 18 heavy (non-hydrogen) atoms. The summed E-state index contributed by atoms with van der Waals surface area (Å²) >= 11 is 0. The molecule has 0 atom stereocenters. The number of nitrogens with one attached hydrogen (secondary N) is 1. The average Bonchev–Trinajstić information content (AvgIpc) is 2.82. The number of benzene rings is 1. The maximum absolute atomic E-state index is 5.82. The van der Waals surface area contributed by atoms with Gasteiger partial charge in [0.1, 0.15) is 5.75 Å².